The number of rotatable bonds is 2. The maximum absolute atomic E-state index is 12.0. The van der Waals surface area contributed by atoms with Crippen LogP contribution in [0.3, 0.4) is 0 Å². The van der Waals surface area contributed by atoms with Crippen molar-refractivity contribution in [2.24, 2.45) is 0 Å². The summed E-state index contributed by atoms with van der Waals surface area (Å²) in [5.41, 5.74) is 2.96. The van der Waals surface area contributed by atoms with Crippen molar-refractivity contribution in [2.75, 3.05) is 14.2 Å². The van der Waals surface area contributed by atoms with Crippen LogP contribution in [0.15, 0.2) is 12.1 Å². The Morgan fingerprint density at radius 3 is 1.80 bits per heavy atom. The molecule has 1 amide bonds. The average molecular weight is 277 g/mol. The molecule has 0 saturated heterocycles. The molecule has 0 spiro atoms. The zero-order valence-electron chi connectivity index (χ0n) is 14.0. The van der Waals surface area contributed by atoms with Crippen LogP contribution in [0.4, 0.5) is 0 Å². The molecule has 0 heterocycles. The van der Waals surface area contributed by atoms with Crippen LogP contribution in [0, 0.1) is 0 Å². The summed E-state index contributed by atoms with van der Waals surface area (Å²) in [4.78, 5) is 12.0. The van der Waals surface area contributed by atoms with Gasteiger partial charge < -0.3 is 10.1 Å². The Morgan fingerprint density at radius 2 is 1.45 bits per heavy atom. The van der Waals surface area contributed by atoms with Gasteiger partial charge in [-0.25, -0.2) is 0 Å². The lowest BCUT2D eigenvalue weighted by Gasteiger charge is -2.31. The van der Waals surface area contributed by atoms with Crippen LogP contribution in [-0.4, -0.2) is 20.1 Å². The minimum atomic E-state index is -0.118. The standard InChI is InChI=1S/C17H27NO2/c1-16(2,3)12-9-11(15(19)18-7)14(20-8)10-13(12)17(4,5)6/h9-10H,1-8H3,(H,18,19). The summed E-state index contributed by atoms with van der Waals surface area (Å²) in [5, 5.41) is 2.67. The van der Waals surface area contributed by atoms with Crippen molar-refractivity contribution in [3.05, 3.63) is 28.8 Å². The molecule has 112 valence electrons. The summed E-state index contributed by atoms with van der Waals surface area (Å²) in [6.07, 6.45) is 0. The fourth-order valence-electron chi connectivity index (χ4n) is 2.30. The molecule has 0 unspecified atom stereocenters. The molecule has 1 aromatic carbocycles. The van der Waals surface area contributed by atoms with Crippen LogP contribution >= 0.6 is 0 Å². The van der Waals surface area contributed by atoms with E-state index in [-0.39, 0.29) is 16.7 Å². The van der Waals surface area contributed by atoms with Gasteiger partial charge in [0.1, 0.15) is 5.75 Å². The van der Waals surface area contributed by atoms with Crippen molar-refractivity contribution in [2.45, 2.75) is 52.4 Å². The van der Waals surface area contributed by atoms with Crippen molar-refractivity contribution in [3.63, 3.8) is 0 Å². The summed E-state index contributed by atoms with van der Waals surface area (Å²) in [7, 11) is 3.24. The first-order valence-electron chi connectivity index (χ1n) is 6.97. The van der Waals surface area contributed by atoms with E-state index in [0.717, 1.165) is 0 Å². The summed E-state index contributed by atoms with van der Waals surface area (Å²) >= 11 is 0. The zero-order chi connectivity index (χ0) is 15.7. The van der Waals surface area contributed by atoms with Gasteiger partial charge >= 0.3 is 0 Å². The van der Waals surface area contributed by atoms with E-state index in [1.165, 1.54) is 11.1 Å². The Hall–Kier alpha value is -1.51. The molecule has 1 rings (SSSR count). The molecule has 0 fully saturated rings. The first kappa shape index (κ1) is 16.5. The number of methoxy groups -OCH3 is 1. The van der Waals surface area contributed by atoms with Crippen molar-refractivity contribution < 1.29 is 9.53 Å². The molecule has 0 aromatic heterocycles. The second-order valence-corrected chi connectivity index (χ2v) is 7.18. The molecule has 0 atom stereocenters. The zero-order valence-corrected chi connectivity index (χ0v) is 14.0. The predicted molar refractivity (Wildman–Crippen MR) is 83.8 cm³/mol. The first-order valence-corrected chi connectivity index (χ1v) is 6.97. The highest BCUT2D eigenvalue weighted by Crippen LogP contribution is 2.38. The third-order valence-corrected chi connectivity index (χ3v) is 3.43. The number of carbonyl (C=O) groups is 1. The lowest BCUT2D eigenvalue weighted by Crippen LogP contribution is -2.25. The monoisotopic (exact) mass is 277 g/mol. The minimum absolute atomic E-state index is 0.00286. The number of amides is 1. The van der Waals surface area contributed by atoms with Crippen LogP contribution < -0.4 is 10.1 Å². The van der Waals surface area contributed by atoms with Gasteiger partial charge in [0.2, 0.25) is 0 Å². The van der Waals surface area contributed by atoms with Gasteiger partial charge in [-0.05, 0) is 34.1 Å². The Labute approximate surface area is 122 Å². The molecular weight excluding hydrogens is 250 g/mol. The molecular formula is C17H27NO2. The normalized spacial score (nSPS) is 12.2. The summed E-state index contributed by atoms with van der Waals surface area (Å²) < 4.78 is 5.41. The van der Waals surface area contributed by atoms with Gasteiger partial charge in [-0.2, -0.15) is 0 Å². The highest BCUT2D eigenvalue weighted by molar-refractivity contribution is 5.97. The van der Waals surface area contributed by atoms with Crippen LogP contribution in [0.5, 0.6) is 5.75 Å². The fourth-order valence-corrected chi connectivity index (χ4v) is 2.30. The number of carbonyl (C=O) groups excluding carboxylic acids is 1. The highest BCUT2D eigenvalue weighted by Gasteiger charge is 2.28. The smallest absolute Gasteiger partial charge is 0.254 e. The largest absolute Gasteiger partial charge is 0.496 e. The molecule has 1 aromatic rings. The van der Waals surface area contributed by atoms with Crippen LogP contribution in [0.2, 0.25) is 0 Å². The summed E-state index contributed by atoms with van der Waals surface area (Å²) in [6.45, 7) is 13.0. The first-order chi connectivity index (χ1) is 9.02. The lowest BCUT2D eigenvalue weighted by atomic mass is 9.74. The third kappa shape index (κ3) is 3.33. The van der Waals surface area contributed by atoms with Gasteiger partial charge in [0.25, 0.3) is 5.91 Å². The number of benzene rings is 1. The Kier molecular flexibility index (Phi) is 4.52. The van der Waals surface area contributed by atoms with E-state index in [0.29, 0.717) is 11.3 Å². The van der Waals surface area contributed by atoms with Crippen molar-refractivity contribution in [3.8, 4) is 5.75 Å². The van der Waals surface area contributed by atoms with E-state index in [1.54, 1.807) is 14.2 Å². The van der Waals surface area contributed by atoms with Crippen molar-refractivity contribution in [1.82, 2.24) is 5.32 Å². The third-order valence-electron chi connectivity index (χ3n) is 3.43. The minimum Gasteiger partial charge on any atom is -0.496 e. The molecule has 1 N–H and O–H groups in total. The van der Waals surface area contributed by atoms with Gasteiger partial charge in [0.05, 0.1) is 12.7 Å². The van der Waals surface area contributed by atoms with E-state index in [9.17, 15) is 4.79 Å². The lowest BCUT2D eigenvalue weighted by molar-refractivity contribution is 0.0960. The second kappa shape index (κ2) is 5.47. The molecule has 3 nitrogen and oxygen atoms in total. The van der Waals surface area contributed by atoms with Gasteiger partial charge in [0, 0.05) is 7.05 Å². The van der Waals surface area contributed by atoms with E-state index in [4.69, 9.17) is 4.74 Å². The van der Waals surface area contributed by atoms with E-state index < -0.39 is 0 Å². The van der Waals surface area contributed by atoms with E-state index >= 15 is 0 Å². The second-order valence-electron chi connectivity index (χ2n) is 7.18. The van der Waals surface area contributed by atoms with Crippen LogP contribution in [-0.2, 0) is 10.8 Å². The molecule has 0 saturated carbocycles. The highest BCUT2D eigenvalue weighted by atomic mass is 16.5. The van der Waals surface area contributed by atoms with E-state index in [2.05, 4.69) is 46.9 Å². The topological polar surface area (TPSA) is 38.3 Å². The maximum atomic E-state index is 12.0. The molecule has 0 aliphatic carbocycles. The van der Waals surface area contributed by atoms with Crippen molar-refractivity contribution in [1.29, 1.82) is 0 Å². The van der Waals surface area contributed by atoms with Crippen molar-refractivity contribution >= 4 is 5.91 Å². The van der Waals surface area contributed by atoms with Gasteiger partial charge in [-0.15, -0.1) is 0 Å². The predicted octanol–water partition coefficient (Wildman–Crippen LogP) is 3.65. The quantitative estimate of drug-likeness (QED) is 0.896. The SMILES string of the molecule is CNC(=O)c1cc(C(C)(C)C)c(C(C)(C)C)cc1OC. The molecule has 0 bridgehead atoms. The number of ether oxygens (including phenoxy) is 1. The summed E-state index contributed by atoms with van der Waals surface area (Å²) in [5.74, 6) is 0.509. The molecule has 3 heteroatoms. The van der Waals surface area contributed by atoms with Gasteiger partial charge in [0.15, 0.2) is 0 Å². The average Bonchev–Trinajstić information content (AvgIpc) is 2.33. The molecule has 0 aliphatic rings. The van der Waals surface area contributed by atoms with Gasteiger partial charge in [-0.1, -0.05) is 41.5 Å². The Bertz CT molecular complexity index is 505. The number of nitrogens with one attached hydrogen (secondary N) is 1. The molecule has 0 radical (unpaired) electrons. The van der Waals surface area contributed by atoms with Crippen LogP contribution in [0.1, 0.15) is 63.0 Å². The number of hydrogen-bond acceptors (Lipinski definition) is 2. The Morgan fingerprint density at radius 1 is 1.00 bits per heavy atom. The maximum Gasteiger partial charge on any atom is 0.254 e. The van der Waals surface area contributed by atoms with E-state index in [1.807, 2.05) is 12.1 Å². The Balaban J connectivity index is 3.67. The molecule has 0 aliphatic heterocycles. The number of hydrogen-bond donors (Lipinski definition) is 1. The summed E-state index contributed by atoms with van der Waals surface area (Å²) in [6, 6.07) is 3.98. The molecule has 20 heavy (non-hydrogen) atoms. The van der Waals surface area contributed by atoms with Gasteiger partial charge in [-0.3, -0.25) is 4.79 Å². The van der Waals surface area contributed by atoms with Crippen LogP contribution in [0.25, 0.3) is 0 Å². The fraction of sp³-hybridized carbons (Fsp3) is 0.588.